The van der Waals surface area contributed by atoms with Crippen molar-refractivity contribution in [1.29, 1.82) is 5.26 Å². The van der Waals surface area contributed by atoms with Gasteiger partial charge in [0, 0.05) is 12.6 Å². The predicted octanol–water partition coefficient (Wildman–Crippen LogP) is 3.24. The van der Waals surface area contributed by atoms with Crippen LogP contribution in [0.2, 0.25) is 0 Å². The summed E-state index contributed by atoms with van der Waals surface area (Å²) < 4.78 is 0. The van der Waals surface area contributed by atoms with Crippen LogP contribution < -0.4 is 5.32 Å². The van der Waals surface area contributed by atoms with Crippen molar-refractivity contribution in [3.05, 3.63) is 28.9 Å². The van der Waals surface area contributed by atoms with E-state index >= 15 is 0 Å². The molecule has 0 spiro atoms. The van der Waals surface area contributed by atoms with Crippen molar-refractivity contribution >= 4 is 17.2 Å². The summed E-state index contributed by atoms with van der Waals surface area (Å²) in [6, 6.07) is 5.92. The molecule has 2 heterocycles. The van der Waals surface area contributed by atoms with Crippen LogP contribution in [-0.4, -0.2) is 17.0 Å². The summed E-state index contributed by atoms with van der Waals surface area (Å²) in [5, 5.41) is 12.0. The molecule has 0 bridgehead atoms. The lowest BCUT2D eigenvalue weighted by molar-refractivity contribution is 0.853. The smallest absolute Gasteiger partial charge is 0.133 e. The standard InChI is InChI=1S/C13H14N4S/c1-8(2)11-12(16-7-17-13(11)15-3)10-5-4-9(6-14)18-10/h4-5,7-8H,1-3H3,(H,15,16,17). The van der Waals surface area contributed by atoms with Crippen molar-refractivity contribution in [3.8, 4) is 16.6 Å². The third-order valence-electron chi connectivity index (χ3n) is 2.65. The van der Waals surface area contributed by atoms with Gasteiger partial charge in [-0.05, 0) is 18.1 Å². The maximum atomic E-state index is 8.89. The molecule has 18 heavy (non-hydrogen) atoms. The number of rotatable bonds is 3. The fourth-order valence-electron chi connectivity index (χ4n) is 1.86. The highest BCUT2D eigenvalue weighted by atomic mass is 32.1. The van der Waals surface area contributed by atoms with E-state index in [1.807, 2.05) is 19.2 Å². The van der Waals surface area contributed by atoms with Crippen molar-refractivity contribution < 1.29 is 0 Å². The molecule has 0 aliphatic rings. The van der Waals surface area contributed by atoms with Crippen LogP contribution in [0.15, 0.2) is 18.5 Å². The molecular weight excluding hydrogens is 244 g/mol. The summed E-state index contributed by atoms with van der Waals surface area (Å²) in [6.45, 7) is 4.23. The highest BCUT2D eigenvalue weighted by molar-refractivity contribution is 7.16. The summed E-state index contributed by atoms with van der Waals surface area (Å²) in [6.07, 6.45) is 1.55. The van der Waals surface area contributed by atoms with Crippen LogP contribution >= 0.6 is 11.3 Å². The largest absolute Gasteiger partial charge is 0.373 e. The lowest BCUT2D eigenvalue weighted by Gasteiger charge is -2.14. The van der Waals surface area contributed by atoms with Gasteiger partial charge in [-0.1, -0.05) is 13.8 Å². The van der Waals surface area contributed by atoms with Gasteiger partial charge < -0.3 is 5.32 Å². The monoisotopic (exact) mass is 258 g/mol. The molecule has 2 aromatic rings. The van der Waals surface area contributed by atoms with Crippen molar-refractivity contribution in [1.82, 2.24) is 9.97 Å². The third kappa shape index (κ3) is 2.20. The molecule has 2 rings (SSSR count). The first-order valence-corrected chi connectivity index (χ1v) is 6.52. The van der Waals surface area contributed by atoms with Gasteiger partial charge in [-0.15, -0.1) is 11.3 Å². The number of nitrogens with zero attached hydrogens (tertiary/aromatic N) is 3. The minimum absolute atomic E-state index is 0.316. The highest BCUT2D eigenvalue weighted by Gasteiger charge is 2.16. The molecule has 1 N–H and O–H groups in total. The van der Waals surface area contributed by atoms with E-state index in [2.05, 4.69) is 35.2 Å². The molecule has 0 amide bonds. The summed E-state index contributed by atoms with van der Waals surface area (Å²) in [5.74, 6) is 1.16. The fraction of sp³-hybridized carbons (Fsp3) is 0.308. The van der Waals surface area contributed by atoms with Crippen LogP contribution in [-0.2, 0) is 0 Å². The molecular formula is C13H14N4S. The van der Waals surface area contributed by atoms with E-state index < -0.39 is 0 Å². The first-order valence-electron chi connectivity index (χ1n) is 5.70. The molecule has 0 aliphatic heterocycles. The minimum atomic E-state index is 0.316. The number of hydrogen-bond acceptors (Lipinski definition) is 5. The van der Waals surface area contributed by atoms with E-state index in [4.69, 9.17) is 5.26 Å². The predicted molar refractivity (Wildman–Crippen MR) is 73.7 cm³/mol. The zero-order chi connectivity index (χ0) is 13.1. The van der Waals surface area contributed by atoms with Gasteiger partial charge in [0.1, 0.15) is 23.1 Å². The molecule has 0 saturated carbocycles. The van der Waals surface area contributed by atoms with Gasteiger partial charge in [0.05, 0.1) is 10.6 Å². The van der Waals surface area contributed by atoms with Crippen LogP contribution in [0.25, 0.3) is 10.6 Å². The normalized spacial score (nSPS) is 10.4. The van der Waals surface area contributed by atoms with Crippen LogP contribution in [0.4, 0.5) is 5.82 Å². The second-order valence-electron chi connectivity index (χ2n) is 4.16. The zero-order valence-corrected chi connectivity index (χ0v) is 11.4. The molecule has 0 atom stereocenters. The molecule has 2 aromatic heterocycles. The van der Waals surface area contributed by atoms with Crippen LogP contribution in [0.1, 0.15) is 30.2 Å². The molecule has 5 heteroatoms. The van der Waals surface area contributed by atoms with Gasteiger partial charge in [0.15, 0.2) is 0 Å². The molecule has 92 valence electrons. The van der Waals surface area contributed by atoms with Crippen molar-refractivity contribution in [2.45, 2.75) is 19.8 Å². The van der Waals surface area contributed by atoms with Gasteiger partial charge >= 0.3 is 0 Å². The molecule has 4 nitrogen and oxygen atoms in total. The maximum absolute atomic E-state index is 8.89. The summed E-state index contributed by atoms with van der Waals surface area (Å²) >= 11 is 1.46. The summed E-state index contributed by atoms with van der Waals surface area (Å²) in [5.41, 5.74) is 2.00. The van der Waals surface area contributed by atoms with E-state index in [-0.39, 0.29) is 0 Å². The van der Waals surface area contributed by atoms with E-state index in [0.29, 0.717) is 10.8 Å². The molecule has 0 aromatic carbocycles. The summed E-state index contributed by atoms with van der Waals surface area (Å²) in [7, 11) is 1.85. The van der Waals surface area contributed by atoms with Gasteiger partial charge in [-0.25, -0.2) is 9.97 Å². The quantitative estimate of drug-likeness (QED) is 0.918. The Bertz CT molecular complexity index is 595. The Labute approximate surface area is 110 Å². The number of nitrogens with one attached hydrogen (secondary N) is 1. The third-order valence-corrected chi connectivity index (χ3v) is 3.64. The Morgan fingerprint density at radius 3 is 2.67 bits per heavy atom. The Balaban J connectivity index is 2.60. The SMILES string of the molecule is CNc1ncnc(-c2ccc(C#N)s2)c1C(C)C. The second kappa shape index (κ2) is 5.15. The first kappa shape index (κ1) is 12.5. The fourth-order valence-corrected chi connectivity index (χ4v) is 2.68. The minimum Gasteiger partial charge on any atom is -0.373 e. The second-order valence-corrected chi connectivity index (χ2v) is 5.25. The van der Waals surface area contributed by atoms with Gasteiger partial charge in [0.2, 0.25) is 0 Å². The Kier molecular flexibility index (Phi) is 3.58. The Morgan fingerprint density at radius 2 is 2.11 bits per heavy atom. The van der Waals surface area contributed by atoms with E-state index in [0.717, 1.165) is 22.0 Å². The average molecular weight is 258 g/mol. The molecule has 0 unspecified atom stereocenters. The van der Waals surface area contributed by atoms with Crippen molar-refractivity contribution in [2.24, 2.45) is 0 Å². The van der Waals surface area contributed by atoms with E-state index in [1.54, 1.807) is 6.33 Å². The number of hydrogen-bond donors (Lipinski definition) is 1. The van der Waals surface area contributed by atoms with Crippen LogP contribution in [0.5, 0.6) is 0 Å². The molecule has 0 fully saturated rings. The van der Waals surface area contributed by atoms with Crippen molar-refractivity contribution in [3.63, 3.8) is 0 Å². The average Bonchev–Trinajstić information content (AvgIpc) is 2.86. The lowest BCUT2D eigenvalue weighted by Crippen LogP contribution is -2.04. The van der Waals surface area contributed by atoms with Crippen LogP contribution in [0, 0.1) is 11.3 Å². The van der Waals surface area contributed by atoms with Gasteiger partial charge in [0.25, 0.3) is 0 Å². The van der Waals surface area contributed by atoms with Gasteiger partial charge in [-0.2, -0.15) is 5.26 Å². The number of nitriles is 1. The molecule has 0 saturated heterocycles. The van der Waals surface area contributed by atoms with E-state index in [1.165, 1.54) is 11.3 Å². The van der Waals surface area contributed by atoms with E-state index in [9.17, 15) is 0 Å². The Morgan fingerprint density at radius 1 is 1.33 bits per heavy atom. The Hall–Kier alpha value is -1.93. The van der Waals surface area contributed by atoms with Gasteiger partial charge in [-0.3, -0.25) is 0 Å². The number of aromatic nitrogens is 2. The lowest BCUT2D eigenvalue weighted by atomic mass is 10.0. The molecule has 0 radical (unpaired) electrons. The zero-order valence-electron chi connectivity index (χ0n) is 10.6. The topological polar surface area (TPSA) is 61.6 Å². The van der Waals surface area contributed by atoms with Crippen molar-refractivity contribution in [2.75, 3.05) is 12.4 Å². The number of thiophene rings is 1. The first-order chi connectivity index (χ1) is 8.67. The summed E-state index contributed by atoms with van der Waals surface area (Å²) in [4.78, 5) is 10.3. The molecule has 0 aliphatic carbocycles. The maximum Gasteiger partial charge on any atom is 0.133 e. The highest BCUT2D eigenvalue weighted by Crippen LogP contribution is 2.35. The van der Waals surface area contributed by atoms with Crippen LogP contribution in [0.3, 0.4) is 0 Å². The number of anilines is 1.